The summed E-state index contributed by atoms with van der Waals surface area (Å²) in [6.07, 6.45) is 1.47. The van der Waals surface area contributed by atoms with E-state index in [1.807, 2.05) is 0 Å². The maximum absolute atomic E-state index is 14.9. The molecule has 10 N–H and O–H groups in total. The first-order chi connectivity index (χ1) is 51.5. The quantitative estimate of drug-likeness (QED) is 0.0101. The van der Waals surface area contributed by atoms with Crippen LogP contribution in [0, 0.1) is 0 Å². The van der Waals surface area contributed by atoms with Gasteiger partial charge in [-0.2, -0.15) is 52.1 Å². The van der Waals surface area contributed by atoms with Crippen molar-refractivity contribution in [3.8, 4) is 22.3 Å². The molecule has 109 heavy (non-hydrogen) atoms. The molecule has 0 radical (unpaired) electrons. The standard InChI is InChI=1S/C67H44N12O24S6/c1-78-44-19-17-38(54-56(44)52(34-13-3-5-15-36(34)62(54)82)58(64(78)84)60(80)30-9-7-11-32(21-30)105(87,88)89)72-41-23-40(46(104-103-102-86)25-47(41)107(93,94)95)74-66-70-28-68-50(76-66)27-51-69-29-71-67(77-51)75-43-24-42(48(108(96,97)98)26-49(43)109(99,100)101)73-39-18-20-45-57-53(35-14-4-6-16-37(35)63(83)55(39)57)59(65(85)79(45)2)61(81)31-10-8-12-33(22-31)106(90,91)92/h3-26,28-29,72-73,86H,27H2,1-2H3,(H,87,88,89)(H,90,91,92)(H,93,94,95)(H,96,97,98)(H,99,100,101)(H,68,70,74,76)(H,69,71,75,77). The number of nitrogens with one attached hydrogen (secondary N) is 4. The van der Waals surface area contributed by atoms with Gasteiger partial charge in [-0.15, -0.1) is 4.33 Å². The van der Waals surface area contributed by atoms with Gasteiger partial charge in [0.05, 0.1) is 101 Å². The van der Waals surface area contributed by atoms with Crippen LogP contribution in [0.5, 0.6) is 0 Å². The molecule has 0 atom stereocenters. The largest absolute Gasteiger partial charge is 0.354 e. The smallest absolute Gasteiger partial charge is 0.296 e. The molecule has 0 unspecified atom stereocenters. The Morgan fingerprint density at radius 1 is 0.431 bits per heavy atom. The summed E-state index contributed by atoms with van der Waals surface area (Å²) in [7, 11) is -23.5. The fraction of sp³-hybridized carbons (Fsp3) is 0.0448. The van der Waals surface area contributed by atoms with Crippen LogP contribution < -0.4 is 32.4 Å². The summed E-state index contributed by atoms with van der Waals surface area (Å²) in [5.41, 5.74) is -6.62. The molecule has 36 nitrogen and oxygen atoms in total. The Labute approximate surface area is 616 Å². The van der Waals surface area contributed by atoms with E-state index in [0.29, 0.717) is 6.07 Å². The molecule has 4 aromatic heterocycles. The lowest BCUT2D eigenvalue weighted by atomic mass is 9.80. The van der Waals surface area contributed by atoms with Crippen LogP contribution >= 0.6 is 12.0 Å². The highest BCUT2D eigenvalue weighted by atomic mass is 32.2. The molecule has 0 aliphatic heterocycles. The molecule has 42 heteroatoms. The van der Waals surface area contributed by atoms with Gasteiger partial charge in [0, 0.05) is 58.2 Å². The highest BCUT2D eigenvalue weighted by molar-refractivity contribution is 7.94. The third-order valence-electron chi connectivity index (χ3n) is 17.4. The van der Waals surface area contributed by atoms with Gasteiger partial charge in [-0.05, 0) is 83.9 Å². The first-order valence-electron chi connectivity index (χ1n) is 30.8. The number of anilines is 8. The van der Waals surface area contributed by atoms with Gasteiger partial charge in [0.1, 0.15) is 39.0 Å². The van der Waals surface area contributed by atoms with E-state index in [1.165, 1.54) is 105 Å². The maximum atomic E-state index is 14.9. The maximum Gasteiger partial charge on any atom is 0.296 e. The van der Waals surface area contributed by atoms with Gasteiger partial charge in [0.25, 0.3) is 61.7 Å². The Kier molecular flexibility index (Phi) is 18.4. The lowest BCUT2D eigenvalue weighted by Gasteiger charge is -2.26. The van der Waals surface area contributed by atoms with E-state index in [1.54, 1.807) is 0 Å². The van der Waals surface area contributed by atoms with Crippen LogP contribution in [0.4, 0.5) is 46.0 Å². The highest BCUT2D eigenvalue weighted by Crippen LogP contribution is 2.48. The number of carbonyl (C=O) groups is 4. The summed E-state index contributed by atoms with van der Waals surface area (Å²) in [5, 5.41) is 24.0. The SMILES string of the molecule is Cn1c(=O)c(C(=O)c2cccc(S(=O)(=O)O)c2)c2c3c(c(Nc4cc(Nc5ncnc(Cc6ncnc(Nc7cc(Nc8ccc9c%10c8C(=O)c8ccccc8-c%10c(C(=O)c8cccc(S(=O)(=O)O)c8)c(=O)n9C)c(S(=O)(=O)O)cc7S(=O)(=O)O)n6)n5)c(SOOO)cc4S(=O)(=O)O)ccc31)C(=O)c1ccccc1-2. The highest BCUT2D eigenvalue weighted by Gasteiger charge is 2.38. The minimum Gasteiger partial charge on any atom is -0.354 e. The Bertz CT molecular complexity index is 6860. The second kappa shape index (κ2) is 27.3. The van der Waals surface area contributed by atoms with Crippen molar-refractivity contribution < 1.29 is 98.7 Å². The lowest BCUT2D eigenvalue weighted by molar-refractivity contribution is -0.432. The first-order valence-corrected chi connectivity index (χ1v) is 38.7. The number of benzene rings is 8. The van der Waals surface area contributed by atoms with Crippen LogP contribution in [0.2, 0.25) is 0 Å². The molecule has 0 fully saturated rings. The molecule has 12 aromatic rings. The van der Waals surface area contributed by atoms with Gasteiger partial charge in [-0.3, -0.25) is 51.5 Å². The van der Waals surface area contributed by atoms with E-state index in [9.17, 15) is 98.9 Å². The minimum absolute atomic E-state index is 0.0101. The fourth-order valence-corrected chi connectivity index (χ4v) is 16.4. The number of carbonyl (C=O) groups excluding carboxylic acids is 4. The Morgan fingerprint density at radius 2 is 0.826 bits per heavy atom. The van der Waals surface area contributed by atoms with Gasteiger partial charge in [-0.25, -0.2) is 25.2 Å². The van der Waals surface area contributed by atoms with Crippen molar-refractivity contribution >= 4 is 154 Å². The van der Waals surface area contributed by atoms with Gasteiger partial charge in [0.15, 0.2) is 23.1 Å². The van der Waals surface area contributed by atoms with E-state index >= 15 is 0 Å². The Morgan fingerprint density at radius 3 is 1.24 bits per heavy atom. The third kappa shape index (κ3) is 13.5. The molecule has 0 spiro atoms. The topological polar surface area (TPSA) is 548 Å². The average molecular weight is 1590 g/mol. The van der Waals surface area contributed by atoms with Gasteiger partial charge >= 0.3 is 0 Å². The number of hydrogen-bond donors (Lipinski definition) is 10. The third-order valence-corrected chi connectivity index (χ3v) is 22.5. The minimum atomic E-state index is -5.52. The molecule has 8 aromatic carbocycles. The van der Waals surface area contributed by atoms with E-state index < -0.39 is 150 Å². The molecular formula is C67H44N12O24S6. The van der Waals surface area contributed by atoms with E-state index in [4.69, 9.17) is 0 Å². The summed E-state index contributed by atoms with van der Waals surface area (Å²) in [6.45, 7) is 0. The number of aryl methyl sites for hydroxylation is 2. The van der Waals surface area contributed by atoms with Crippen molar-refractivity contribution in [1.82, 2.24) is 39.0 Å². The van der Waals surface area contributed by atoms with Crippen molar-refractivity contribution in [2.45, 2.75) is 35.8 Å². The van der Waals surface area contributed by atoms with E-state index in [0.717, 1.165) is 70.3 Å². The van der Waals surface area contributed by atoms with Gasteiger partial charge in [-0.1, -0.05) is 77.8 Å². The Balaban J connectivity index is 0.806. The zero-order chi connectivity index (χ0) is 77.9. The number of fused-ring (bicyclic) bond motifs is 4. The molecule has 0 saturated carbocycles. The second-order valence-corrected chi connectivity index (χ2v) is 31.6. The normalized spacial score (nSPS) is 12.7. The number of ketones is 4. The number of aromatic nitrogens is 8. The van der Waals surface area contributed by atoms with Crippen LogP contribution in [0.25, 0.3) is 44.1 Å². The molecule has 4 heterocycles. The zero-order valence-electron chi connectivity index (χ0n) is 54.8. The predicted octanol–water partition coefficient (Wildman–Crippen LogP) is 7.87. The van der Waals surface area contributed by atoms with E-state index in [2.05, 4.69) is 60.5 Å². The molecule has 2 aliphatic rings. The molecule has 14 rings (SSSR count). The molecule has 0 bridgehead atoms. The molecule has 552 valence electrons. The average Bonchev–Trinajstić information content (AvgIpc) is 0.710. The summed E-state index contributed by atoms with van der Waals surface area (Å²) in [5.74, 6) is -4.72. The van der Waals surface area contributed by atoms with Crippen LogP contribution in [0.3, 0.4) is 0 Å². The molecule has 0 saturated heterocycles. The second-order valence-electron chi connectivity index (χ2n) is 23.9. The monoisotopic (exact) mass is 1590 g/mol. The van der Waals surface area contributed by atoms with Crippen LogP contribution in [0.1, 0.15) is 75.3 Å². The lowest BCUT2D eigenvalue weighted by Crippen LogP contribution is -2.29. The Hall–Kier alpha value is -12.1. The van der Waals surface area contributed by atoms with Crippen molar-refractivity contribution in [3.63, 3.8) is 0 Å². The van der Waals surface area contributed by atoms with Crippen LogP contribution in [-0.4, -0.2) is 132 Å². The number of rotatable bonds is 22. The van der Waals surface area contributed by atoms with Crippen LogP contribution in [-0.2, 0) is 80.5 Å². The summed E-state index contributed by atoms with van der Waals surface area (Å²) < 4.78 is 187. The van der Waals surface area contributed by atoms with Crippen molar-refractivity contribution in [3.05, 3.63) is 235 Å². The first kappa shape index (κ1) is 73.7. The summed E-state index contributed by atoms with van der Waals surface area (Å²) in [4.78, 5) is 108. The number of hydrogen-bond acceptors (Lipinski definition) is 30. The molecule has 0 amide bonds. The van der Waals surface area contributed by atoms with Crippen LogP contribution in [0.15, 0.2) is 197 Å². The number of nitrogens with zero attached hydrogens (tertiary/aromatic N) is 8. The number of pyridine rings is 2. The zero-order valence-corrected chi connectivity index (χ0v) is 59.7. The molecule has 2 aliphatic carbocycles. The van der Waals surface area contributed by atoms with Gasteiger partial charge in [0.2, 0.25) is 11.9 Å². The molecular weight excluding hydrogens is 1550 g/mol. The predicted molar refractivity (Wildman–Crippen MR) is 384 cm³/mol. The fourth-order valence-electron chi connectivity index (χ4n) is 12.8. The summed E-state index contributed by atoms with van der Waals surface area (Å²) >= 11 is 0.190. The van der Waals surface area contributed by atoms with Crippen molar-refractivity contribution in [2.24, 2.45) is 14.1 Å². The van der Waals surface area contributed by atoms with Gasteiger partial charge < -0.3 is 30.4 Å². The van der Waals surface area contributed by atoms with Crippen molar-refractivity contribution in [2.75, 3.05) is 21.3 Å². The summed E-state index contributed by atoms with van der Waals surface area (Å²) in [6, 6.07) is 28.4. The van der Waals surface area contributed by atoms with E-state index in [-0.39, 0.29) is 129 Å². The van der Waals surface area contributed by atoms with Crippen molar-refractivity contribution in [1.29, 1.82) is 0 Å².